The maximum absolute atomic E-state index is 9.59. The van der Waals surface area contributed by atoms with Crippen molar-refractivity contribution in [2.24, 2.45) is 0 Å². The van der Waals surface area contributed by atoms with Gasteiger partial charge in [0.15, 0.2) is 0 Å². The normalized spacial score (nSPS) is 9.55. The molecule has 4 nitrogen and oxygen atoms in total. The van der Waals surface area contributed by atoms with Crippen LogP contribution in [0.2, 0.25) is 19.6 Å². The fraction of sp³-hybridized carbons (Fsp3) is 0.357. The van der Waals surface area contributed by atoms with Gasteiger partial charge in [-0.3, -0.25) is 0 Å². The van der Waals surface area contributed by atoms with Crippen LogP contribution < -0.4 is 5.19 Å². The predicted octanol–water partition coefficient (Wildman–Crippen LogP) is 2.17. The SMILES string of the molecule is C[C@H](O)c1ccccc1[Si](C)(C)C.[C-]#[O+].[C-]#[O+].[C-]#[O+].[Cr]. The van der Waals surface area contributed by atoms with Gasteiger partial charge in [0.25, 0.3) is 0 Å². The molecule has 20 heavy (non-hydrogen) atoms. The molecule has 0 fully saturated rings. The molecule has 0 amide bonds. The molecular formula is C14H18CrO4Si. The molecule has 0 bridgehead atoms. The summed E-state index contributed by atoms with van der Waals surface area (Å²) in [5.74, 6) is 0. The van der Waals surface area contributed by atoms with Gasteiger partial charge in [0, 0.05) is 17.4 Å². The molecule has 1 rings (SSSR count). The third kappa shape index (κ3) is 11.0. The van der Waals surface area contributed by atoms with Gasteiger partial charge in [-0.1, -0.05) is 49.1 Å². The zero-order valence-corrected chi connectivity index (χ0v) is 14.2. The van der Waals surface area contributed by atoms with Gasteiger partial charge in [-0.2, -0.15) is 0 Å². The minimum Gasteiger partial charge on any atom is 0 e. The van der Waals surface area contributed by atoms with Gasteiger partial charge in [0.1, 0.15) is 0 Å². The first kappa shape index (κ1) is 27.5. The van der Waals surface area contributed by atoms with Crippen LogP contribution in [0, 0.1) is 20.0 Å². The maximum Gasteiger partial charge on any atom is 0 e. The number of aliphatic hydroxyl groups excluding tert-OH is 1. The van der Waals surface area contributed by atoms with Crippen LogP contribution in [-0.2, 0) is 31.3 Å². The topological polar surface area (TPSA) is 79.9 Å². The van der Waals surface area contributed by atoms with Gasteiger partial charge in [0.05, 0.1) is 14.2 Å². The average molecular weight is 330 g/mol. The molecule has 0 unspecified atom stereocenters. The zero-order valence-electron chi connectivity index (χ0n) is 12.0. The predicted molar refractivity (Wildman–Crippen MR) is 71.8 cm³/mol. The van der Waals surface area contributed by atoms with Gasteiger partial charge in [-0.05, 0) is 12.5 Å². The summed E-state index contributed by atoms with van der Waals surface area (Å²) >= 11 is 0. The van der Waals surface area contributed by atoms with Crippen LogP contribution in [0.4, 0.5) is 0 Å². The van der Waals surface area contributed by atoms with E-state index in [0.29, 0.717) is 0 Å². The van der Waals surface area contributed by atoms with E-state index in [4.69, 9.17) is 14.0 Å². The van der Waals surface area contributed by atoms with Crippen LogP contribution >= 0.6 is 0 Å². The molecule has 0 heterocycles. The number of rotatable bonds is 2. The van der Waals surface area contributed by atoms with E-state index in [2.05, 4.69) is 51.7 Å². The van der Waals surface area contributed by atoms with Crippen molar-refractivity contribution in [2.45, 2.75) is 32.7 Å². The Hall–Kier alpha value is -0.851. The van der Waals surface area contributed by atoms with Crippen molar-refractivity contribution in [2.75, 3.05) is 0 Å². The molecule has 1 atom stereocenters. The van der Waals surface area contributed by atoms with Gasteiger partial charge in [0.2, 0.25) is 0 Å². The summed E-state index contributed by atoms with van der Waals surface area (Å²) in [7, 11) is -1.30. The van der Waals surface area contributed by atoms with Crippen molar-refractivity contribution in [3.63, 3.8) is 0 Å². The van der Waals surface area contributed by atoms with E-state index in [1.165, 1.54) is 5.19 Å². The summed E-state index contributed by atoms with van der Waals surface area (Å²) in [6.45, 7) is 22.2. The Morgan fingerprint density at radius 3 is 1.55 bits per heavy atom. The Bertz CT molecular complexity index is 391. The van der Waals surface area contributed by atoms with Crippen molar-refractivity contribution in [1.82, 2.24) is 0 Å². The molecule has 6 heteroatoms. The maximum atomic E-state index is 9.59. The van der Waals surface area contributed by atoms with E-state index in [-0.39, 0.29) is 23.5 Å². The van der Waals surface area contributed by atoms with E-state index >= 15 is 0 Å². The van der Waals surface area contributed by atoms with Crippen molar-refractivity contribution in [3.05, 3.63) is 49.8 Å². The van der Waals surface area contributed by atoms with Gasteiger partial charge in [-0.25, -0.2) is 0 Å². The Balaban J connectivity index is -0.000000162. The summed E-state index contributed by atoms with van der Waals surface area (Å²) in [6.07, 6.45) is -0.345. The fourth-order valence-electron chi connectivity index (χ4n) is 1.54. The summed E-state index contributed by atoms with van der Waals surface area (Å²) in [5.41, 5.74) is 1.10. The molecule has 108 valence electrons. The monoisotopic (exact) mass is 330 g/mol. The number of aliphatic hydroxyl groups is 1. The van der Waals surface area contributed by atoms with Crippen LogP contribution in [0.5, 0.6) is 0 Å². The van der Waals surface area contributed by atoms with Gasteiger partial charge >= 0.3 is 33.9 Å². The molecule has 0 radical (unpaired) electrons. The van der Waals surface area contributed by atoms with E-state index in [1.54, 1.807) is 0 Å². The second-order valence-corrected chi connectivity index (χ2v) is 9.55. The second kappa shape index (κ2) is 16.2. The first-order chi connectivity index (χ1) is 8.93. The standard InChI is InChI=1S/C11H18OSi.3CO.Cr/c1-9(12)10-7-5-6-8-11(10)13(2,3)4;3*1-2;/h5-9,12H,1-4H3;;;;/t9-;;;;/m0..../s1. The Labute approximate surface area is 132 Å². The molecule has 1 N–H and O–H groups in total. The van der Waals surface area contributed by atoms with Gasteiger partial charge in [-0.15, -0.1) is 0 Å². The molecule has 0 saturated carbocycles. The molecule has 0 aromatic heterocycles. The number of hydrogen-bond acceptors (Lipinski definition) is 1. The van der Waals surface area contributed by atoms with Crippen LogP contribution in [0.3, 0.4) is 0 Å². The summed E-state index contributed by atoms with van der Waals surface area (Å²) < 4.78 is 22.5. The minimum absolute atomic E-state index is 0. The van der Waals surface area contributed by atoms with Gasteiger partial charge < -0.3 is 5.11 Å². The molecule has 0 saturated heterocycles. The third-order valence-corrected chi connectivity index (χ3v) is 4.29. The molecule has 0 aliphatic carbocycles. The van der Waals surface area contributed by atoms with Crippen LogP contribution in [-0.4, -0.2) is 13.2 Å². The van der Waals surface area contributed by atoms with E-state index in [9.17, 15) is 5.11 Å². The quantitative estimate of drug-likeness (QED) is 0.503. The van der Waals surface area contributed by atoms with E-state index in [0.717, 1.165) is 5.56 Å². The Morgan fingerprint density at radius 1 is 0.950 bits per heavy atom. The van der Waals surface area contributed by atoms with Crippen LogP contribution in [0.25, 0.3) is 0 Å². The molecule has 0 spiro atoms. The van der Waals surface area contributed by atoms with Crippen molar-refractivity contribution >= 4 is 13.3 Å². The molecule has 0 aliphatic heterocycles. The molecule has 1 aromatic rings. The number of benzene rings is 1. The largest absolute Gasteiger partial charge is 0 e. The second-order valence-electron chi connectivity index (χ2n) is 4.51. The first-order valence-corrected chi connectivity index (χ1v) is 8.81. The van der Waals surface area contributed by atoms with Crippen LogP contribution in [0.1, 0.15) is 18.6 Å². The summed E-state index contributed by atoms with van der Waals surface area (Å²) in [5, 5.41) is 11.0. The smallest absolute Gasteiger partial charge is 0 e. The Kier molecular flexibility index (Phi) is 22.3. The van der Waals surface area contributed by atoms with Crippen LogP contribution in [0.15, 0.2) is 24.3 Å². The van der Waals surface area contributed by atoms with E-state index < -0.39 is 8.07 Å². The Morgan fingerprint density at radius 2 is 1.30 bits per heavy atom. The van der Waals surface area contributed by atoms with E-state index in [1.807, 2.05) is 19.1 Å². The third-order valence-electron chi connectivity index (χ3n) is 2.22. The molecular weight excluding hydrogens is 312 g/mol. The summed E-state index contributed by atoms with van der Waals surface area (Å²) in [4.78, 5) is 0. The molecule has 0 aliphatic rings. The summed E-state index contributed by atoms with van der Waals surface area (Å²) in [6, 6.07) is 8.22. The molecule has 1 aromatic carbocycles. The van der Waals surface area contributed by atoms with Crippen molar-refractivity contribution < 1.29 is 36.4 Å². The first-order valence-electron chi connectivity index (χ1n) is 5.31. The van der Waals surface area contributed by atoms with Crippen molar-refractivity contribution in [3.8, 4) is 0 Å². The minimum atomic E-state index is -1.30. The fourth-order valence-corrected chi connectivity index (χ4v) is 3.30. The number of hydrogen-bond donors (Lipinski definition) is 1. The van der Waals surface area contributed by atoms with Crippen molar-refractivity contribution in [1.29, 1.82) is 0 Å². The average Bonchev–Trinajstić information content (AvgIpc) is 2.44. The zero-order chi connectivity index (χ0) is 16.1.